The molecule has 2 aliphatic rings. The number of hydrogen-bond donors (Lipinski definition) is 1. The van der Waals surface area contributed by atoms with Crippen molar-refractivity contribution in [1.29, 1.82) is 5.26 Å². The molecule has 0 spiro atoms. The van der Waals surface area contributed by atoms with E-state index in [1.807, 2.05) is 11.0 Å². The molecule has 7 nitrogen and oxygen atoms in total. The first kappa shape index (κ1) is 14.6. The standard InChI is InChI=1S/C15H19N5O2/c1-22-7-6-20-14-3-5-19(10-13(14)18-15(20)21)12-2-4-17-11(8-12)9-16/h2,4,8,13-14H,3,5-7,10H2,1H3,(H,18,21)/t13-,14+/m1/s1. The van der Waals surface area contributed by atoms with E-state index in [2.05, 4.69) is 21.3 Å². The Morgan fingerprint density at radius 3 is 3.23 bits per heavy atom. The quantitative estimate of drug-likeness (QED) is 0.879. The van der Waals surface area contributed by atoms with Gasteiger partial charge in [0.15, 0.2) is 0 Å². The van der Waals surface area contributed by atoms with Gasteiger partial charge < -0.3 is 19.9 Å². The van der Waals surface area contributed by atoms with Crippen LogP contribution >= 0.6 is 0 Å². The van der Waals surface area contributed by atoms with Crippen LogP contribution in [-0.2, 0) is 4.74 Å². The highest BCUT2D eigenvalue weighted by Gasteiger charge is 2.42. The second-order valence-electron chi connectivity index (χ2n) is 5.56. The number of nitrogens with zero attached hydrogens (tertiary/aromatic N) is 4. The number of methoxy groups -OCH3 is 1. The van der Waals surface area contributed by atoms with E-state index in [0.29, 0.717) is 18.8 Å². The summed E-state index contributed by atoms with van der Waals surface area (Å²) in [5, 5.41) is 12.0. The third kappa shape index (κ3) is 2.70. The average Bonchev–Trinajstić information content (AvgIpc) is 2.87. The van der Waals surface area contributed by atoms with Crippen LogP contribution in [0.5, 0.6) is 0 Å². The Hall–Kier alpha value is -2.33. The number of aromatic nitrogens is 1. The molecule has 7 heteroatoms. The van der Waals surface area contributed by atoms with Gasteiger partial charge in [-0.15, -0.1) is 0 Å². The van der Waals surface area contributed by atoms with Gasteiger partial charge in [0.25, 0.3) is 0 Å². The number of pyridine rings is 1. The predicted octanol–water partition coefficient (Wildman–Crippen LogP) is 0.572. The van der Waals surface area contributed by atoms with Crippen LogP contribution in [0.25, 0.3) is 0 Å². The topological polar surface area (TPSA) is 81.5 Å². The largest absolute Gasteiger partial charge is 0.383 e. The molecule has 2 saturated heterocycles. The van der Waals surface area contributed by atoms with E-state index in [1.165, 1.54) is 0 Å². The Morgan fingerprint density at radius 2 is 2.45 bits per heavy atom. The van der Waals surface area contributed by atoms with Crippen molar-refractivity contribution in [3.8, 4) is 6.07 Å². The highest BCUT2D eigenvalue weighted by molar-refractivity contribution is 5.78. The smallest absolute Gasteiger partial charge is 0.318 e. The van der Waals surface area contributed by atoms with Crippen LogP contribution in [0.2, 0.25) is 0 Å². The first-order valence-corrected chi connectivity index (χ1v) is 7.40. The number of hydrogen-bond acceptors (Lipinski definition) is 5. The van der Waals surface area contributed by atoms with Gasteiger partial charge in [0.1, 0.15) is 11.8 Å². The molecule has 2 aliphatic heterocycles. The van der Waals surface area contributed by atoms with Gasteiger partial charge in [-0.05, 0) is 18.6 Å². The summed E-state index contributed by atoms with van der Waals surface area (Å²) in [5.41, 5.74) is 1.39. The van der Waals surface area contributed by atoms with Crippen molar-refractivity contribution < 1.29 is 9.53 Å². The molecule has 2 amide bonds. The summed E-state index contributed by atoms with van der Waals surface area (Å²) in [6, 6.07) is 6.07. The Kier molecular flexibility index (Phi) is 4.11. The van der Waals surface area contributed by atoms with E-state index in [1.54, 1.807) is 19.4 Å². The van der Waals surface area contributed by atoms with Gasteiger partial charge >= 0.3 is 6.03 Å². The third-order valence-corrected chi connectivity index (χ3v) is 4.31. The second-order valence-corrected chi connectivity index (χ2v) is 5.56. The molecule has 2 fully saturated rings. The minimum atomic E-state index is -0.0126. The monoisotopic (exact) mass is 301 g/mol. The van der Waals surface area contributed by atoms with Crippen molar-refractivity contribution in [2.45, 2.75) is 18.5 Å². The number of carbonyl (C=O) groups is 1. The van der Waals surface area contributed by atoms with Crippen molar-refractivity contribution in [2.24, 2.45) is 0 Å². The number of urea groups is 1. The minimum absolute atomic E-state index is 0.0126. The molecule has 22 heavy (non-hydrogen) atoms. The third-order valence-electron chi connectivity index (χ3n) is 4.31. The zero-order valence-corrected chi connectivity index (χ0v) is 12.5. The van der Waals surface area contributed by atoms with Crippen LogP contribution in [0.15, 0.2) is 18.3 Å². The molecule has 0 saturated carbocycles. The summed E-state index contributed by atoms with van der Waals surface area (Å²) < 4.78 is 5.08. The molecule has 0 radical (unpaired) electrons. The Bertz CT molecular complexity index is 600. The lowest BCUT2D eigenvalue weighted by Crippen LogP contribution is -2.51. The van der Waals surface area contributed by atoms with Gasteiger partial charge in [-0.3, -0.25) is 0 Å². The van der Waals surface area contributed by atoms with Crippen molar-refractivity contribution in [3.05, 3.63) is 24.0 Å². The maximum absolute atomic E-state index is 12.1. The SMILES string of the molecule is COCCN1C(=O)N[C@@H]2CN(c3ccnc(C#N)c3)CC[C@@H]21. The van der Waals surface area contributed by atoms with E-state index in [-0.39, 0.29) is 18.1 Å². The van der Waals surface area contributed by atoms with Gasteiger partial charge in [-0.1, -0.05) is 0 Å². The lowest BCUT2D eigenvalue weighted by molar-refractivity contribution is 0.140. The number of fused-ring (bicyclic) bond motifs is 1. The molecule has 1 aromatic heterocycles. The number of piperidine rings is 1. The number of carbonyl (C=O) groups excluding carboxylic acids is 1. The normalized spacial score (nSPS) is 23.9. The number of anilines is 1. The molecular weight excluding hydrogens is 282 g/mol. The molecule has 1 aromatic rings. The summed E-state index contributed by atoms with van der Waals surface area (Å²) in [4.78, 5) is 20.1. The van der Waals surface area contributed by atoms with Crippen LogP contribution in [0.3, 0.4) is 0 Å². The summed E-state index contributed by atoms with van der Waals surface area (Å²) in [6.07, 6.45) is 2.55. The molecule has 0 aliphatic carbocycles. The first-order chi connectivity index (χ1) is 10.7. The van der Waals surface area contributed by atoms with E-state index in [4.69, 9.17) is 10.00 Å². The Morgan fingerprint density at radius 1 is 1.59 bits per heavy atom. The van der Waals surface area contributed by atoms with Gasteiger partial charge in [-0.25, -0.2) is 9.78 Å². The number of rotatable bonds is 4. The highest BCUT2D eigenvalue weighted by atomic mass is 16.5. The fourth-order valence-corrected chi connectivity index (χ4v) is 3.22. The van der Waals surface area contributed by atoms with Crippen LogP contribution < -0.4 is 10.2 Å². The molecular formula is C15H19N5O2. The van der Waals surface area contributed by atoms with Crippen LogP contribution in [0.1, 0.15) is 12.1 Å². The molecule has 3 rings (SSSR count). The van der Waals surface area contributed by atoms with E-state index >= 15 is 0 Å². The molecule has 0 bridgehead atoms. The summed E-state index contributed by atoms with van der Waals surface area (Å²) in [5.74, 6) is 0. The van der Waals surface area contributed by atoms with Crippen molar-refractivity contribution in [3.63, 3.8) is 0 Å². The minimum Gasteiger partial charge on any atom is -0.383 e. The van der Waals surface area contributed by atoms with Gasteiger partial charge in [0.2, 0.25) is 0 Å². The van der Waals surface area contributed by atoms with Crippen molar-refractivity contribution in [1.82, 2.24) is 15.2 Å². The van der Waals surface area contributed by atoms with E-state index in [9.17, 15) is 4.79 Å². The van der Waals surface area contributed by atoms with E-state index in [0.717, 1.165) is 25.2 Å². The first-order valence-electron chi connectivity index (χ1n) is 7.40. The zero-order chi connectivity index (χ0) is 15.5. The second kappa shape index (κ2) is 6.20. The summed E-state index contributed by atoms with van der Waals surface area (Å²) >= 11 is 0. The van der Waals surface area contributed by atoms with Gasteiger partial charge in [0.05, 0.1) is 18.7 Å². The van der Waals surface area contributed by atoms with Crippen molar-refractivity contribution >= 4 is 11.7 Å². The molecule has 116 valence electrons. The lowest BCUT2D eigenvalue weighted by Gasteiger charge is -2.37. The molecule has 3 heterocycles. The fraction of sp³-hybridized carbons (Fsp3) is 0.533. The van der Waals surface area contributed by atoms with Crippen LogP contribution in [-0.4, -0.2) is 61.3 Å². The Balaban J connectivity index is 1.70. The molecule has 0 aromatic carbocycles. The van der Waals surface area contributed by atoms with Crippen LogP contribution in [0, 0.1) is 11.3 Å². The van der Waals surface area contributed by atoms with Gasteiger partial charge in [-0.2, -0.15) is 5.26 Å². The number of amides is 2. The number of nitriles is 1. The average molecular weight is 301 g/mol. The van der Waals surface area contributed by atoms with Gasteiger partial charge in [0, 0.05) is 38.6 Å². The van der Waals surface area contributed by atoms with Crippen LogP contribution in [0.4, 0.5) is 10.5 Å². The highest BCUT2D eigenvalue weighted by Crippen LogP contribution is 2.26. The molecule has 2 atom stereocenters. The number of nitrogens with one attached hydrogen (secondary N) is 1. The number of ether oxygens (including phenoxy) is 1. The predicted molar refractivity (Wildman–Crippen MR) is 80.5 cm³/mol. The zero-order valence-electron chi connectivity index (χ0n) is 12.5. The maximum Gasteiger partial charge on any atom is 0.318 e. The lowest BCUT2D eigenvalue weighted by atomic mass is 9.99. The summed E-state index contributed by atoms with van der Waals surface area (Å²) in [7, 11) is 1.64. The summed E-state index contributed by atoms with van der Waals surface area (Å²) in [6.45, 7) is 2.77. The Labute approximate surface area is 129 Å². The molecule has 1 N–H and O–H groups in total. The maximum atomic E-state index is 12.1. The van der Waals surface area contributed by atoms with E-state index < -0.39 is 0 Å². The fourth-order valence-electron chi connectivity index (χ4n) is 3.22. The molecule has 0 unspecified atom stereocenters. The van der Waals surface area contributed by atoms with Crippen molar-refractivity contribution in [2.75, 3.05) is 38.3 Å².